The molecule has 2 fully saturated rings. The molecule has 0 aliphatic carbocycles. The van der Waals surface area contributed by atoms with Gasteiger partial charge in [0, 0.05) is 44.9 Å². The van der Waals surface area contributed by atoms with Gasteiger partial charge in [-0.25, -0.2) is 4.68 Å². The monoisotopic (exact) mass is 342 g/mol. The second-order valence-electron chi connectivity index (χ2n) is 6.53. The summed E-state index contributed by atoms with van der Waals surface area (Å²) >= 11 is 0. The largest absolute Gasteiger partial charge is 0.377 e. The summed E-state index contributed by atoms with van der Waals surface area (Å²) in [7, 11) is 0. The zero-order valence-corrected chi connectivity index (χ0v) is 14.1. The summed E-state index contributed by atoms with van der Waals surface area (Å²) in [5.74, 6) is 0.0618. The Labute approximate surface area is 146 Å². The number of hydrogen-bond acceptors (Lipinski definition) is 6. The van der Waals surface area contributed by atoms with E-state index in [0.717, 1.165) is 51.4 Å². The van der Waals surface area contributed by atoms with E-state index in [1.54, 1.807) is 4.68 Å². The van der Waals surface area contributed by atoms with Crippen molar-refractivity contribution in [2.75, 3.05) is 39.3 Å². The van der Waals surface area contributed by atoms with E-state index < -0.39 is 0 Å². The average Bonchev–Trinajstić information content (AvgIpc) is 3.36. The number of carbonyl (C=O) groups is 1. The second-order valence-corrected chi connectivity index (χ2v) is 6.53. The molecule has 1 atom stereocenters. The maximum atomic E-state index is 12.8. The van der Waals surface area contributed by atoms with Gasteiger partial charge in [-0.3, -0.25) is 9.69 Å². The van der Waals surface area contributed by atoms with Gasteiger partial charge in [-0.05, 0) is 41.5 Å². The van der Waals surface area contributed by atoms with E-state index in [4.69, 9.17) is 4.74 Å². The molecule has 0 spiro atoms. The molecule has 2 saturated heterocycles. The summed E-state index contributed by atoms with van der Waals surface area (Å²) in [6.07, 6.45) is 4.22. The van der Waals surface area contributed by atoms with Crippen molar-refractivity contribution in [2.45, 2.75) is 18.9 Å². The van der Waals surface area contributed by atoms with Crippen LogP contribution in [0.3, 0.4) is 0 Å². The summed E-state index contributed by atoms with van der Waals surface area (Å²) in [4.78, 5) is 17.1. The molecule has 3 heterocycles. The van der Waals surface area contributed by atoms with Crippen molar-refractivity contribution in [3.05, 3.63) is 36.2 Å². The normalized spacial score (nSPS) is 21.6. The lowest BCUT2D eigenvalue weighted by molar-refractivity contribution is 0.0432. The van der Waals surface area contributed by atoms with Crippen molar-refractivity contribution >= 4 is 5.91 Å². The van der Waals surface area contributed by atoms with Gasteiger partial charge < -0.3 is 9.64 Å². The summed E-state index contributed by atoms with van der Waals surface area (Å²) in [5, 5.41) is 11.1. The smallest absolute Gasteiger partial charge is 0.254 e. The van der Waals surface area contributed by atoms with E-state index in [1.807, 2.05) is 29.2 Å². The minimum atomic E-state index is 0.0618. The number of benzene rings is 1. The predicted molar refractivity (Wildman–Crippen MR) is 90.5 cm³/mol. The Balaban J connectivity index is 1.36. The lowest BCUT2D eigenvalue weighted by atomic mass is 10.1. The highest BCUT2D eigenvalue weighted by Crippen LogP contribution is 2.16. The van der Waals surface area contributed by atoms with Gasteiger partial charge in [0.2, 0.25) is 0 Å². The Morgan fingerprint density at radius 2 is 2.12 bits per heavy atom. The van der Waals surface area contributed by atoms with Gasteiger partial charge in [0.05, 0.1) is 11.8 Å². The van der Waals surface area contributed by atoms with Gasteiger partial charge >= 0.3 is 0 Å². The molecule has 2 aliphatic rings. The molecule has 1 aromatic heterocycles. The van der Waals surface area contributed by atoms with Gasteiger partial charge in [-0.2, -0.15) is 0 Å². The van der Waals surface area contributed by atoms with Crippen LogP contribution in [0.25, 0.3) is 5.69 Å². The molecule has 8 heteroatoms. The average molecular weight is 342 g/mol. The molecule has 8 nitrogen and oxygen atoms in total. The molecule has 0 N–H and O–H groups in total. The van der Waals surface area contributed by atoms with Crippen LogP contribution in [0.15, 0.2) is 30.6 Å². The number of amides is 1. The third-order valence-electron chi connectivity index (χ3n) is 4.85. The highest BCUT2D eigenvalue weighted by Gasteiger charge is 2.25. The van der Waals surface area contributed by atoms with Gasteiger partial charge in [0.25, 0.3) is 5.91 Å². The Morgan fingerprint density at radius 1 is 1.24 bits per heavy atom. The summed E-state index contributed by atoms with van der Waals surface area (Å²) in [6.45, 7) is 5.18. The number of aromatic nitrogens is 4. The molecule has 1 amide bonds. The Hall–Kier alpha value is -2.32. The highest BCUT2D eigenvalue weighted by molar-refractivity contribution is 5.94. The van der Waals surface area contributed by atoms with Gasteiger partial charge in [0.15, 0.2) is 0 Å². The van der Waals surface area contributed by atoms with Crippen LogP contribution in [-0.2, 0) is 4.74 Å². The fraction of sp³-hybridized carbons (Fsp3) is 0.529. The van der Waals surface area contributed by atoms with Crippen molar-refractivity contribution < 1.29 is 9.53 Å². The molecule has 2 aromatic rings. The maximum Gasteiger partial charge on any atom is 0.254 e. The van der Waals surface area contributed by atoms with Crippen molar-refractivity contribution in [2.24, 2.45) is 0 Å². The van der Waals surface area contributed by atoms with Crippen LogP contribution in [0.4, 0.5) is 0 Å². The van der Waals surface area contributed by atoms with Crippen LogP contribution in [0.1, 0.15) is 23.2 Å². The van der Waals surface area contributed by atoms with Crippen molar-refractivity contribution in [3.63, 3.8) is 0 Å². The van der Waals surface area contributed by atoms with Crippen LogP contribution in [0.2, 0.25) is 0 Å². The van der Waals surface area contributed by atoms with Crippen LogP contribution >= 0.6 is 0 Å². The topological polar surface area (TPSA) is 76.4 Å². The first kappa shape index (κ1) is 16.2. The van der Waals surface area contributed by atoms with Crippen molar-refractivity contribution in [1.82, 2.24) is 30.0 Å². The van der Waals surface area contributed by atoms with E-state index in [9.17, 15) is 4.79 Å². The fourth-order valence-electron chi connectivity index (χ4n) is 3.45. The first-order valence-electron chi connectivity index (χ1n) is 8.76. The number of carbonyl (C=O) groups excluding carboxylic acids is 1. The second kappa shape index (κ2) is 7.28. The maximum absolute atomic E-state index is 12.8. The molecular formula is C17H22N6O2. The summed E-state index contributed by atoms with van der Waals surface area (Å²) < 4.78 is 7.26. The molecule has 0 bridgehead atoms. The van der Waals surface area contributed by atoms with E-state index in [2.05, 4.69) is 20.4 Å². The van der Waals surface area contributed by atoms with Gasteiger partial charge in [0.1, 0.15) is 6.33 Å². The lowest BCUT2D eigenvalue weighted by Gasteiger charge is -2.35. The van der Waals surface area contributed by atoms with Crippen LogP contribution in [0, 0.1) is 0 Å². The first-order chi connectivity index (χ1) is 12.3. The standard InChI is InChI=1S/C17H22N6O2/c24-17(14-3-1-4-15(11-14)23-13-18-19-20-23)22-8-6-21(7-9-22)12-16-5-2-10-25-16/h1,3-4,11,13,16H,2,5-10,12H2. The van der Waals surface area contributed by atoms with Gasteiger partial charge in [-0.1, -0.05) is 6.07 Å². The van der Waals surface area contributed by atoms with Crippen molar-refractivity contribution in [3.8, 4) is 5.69 Å². The third kappa shape index (κ3) is 3.69. The molecule has 0 radical (unpaired) electrons. The number of piperazine rings is 1. The summed E-state index contributed by atoms with van der Waals surface area (Å²) in [6, 6.07) is 7.41. The molecule has 1 unspecified atom stereocenters. The minimum absolute atomic E-state index is 0.0618. The lowest BCUT2D eigenvalue weighted by Crippen LogP contribution is -2.50. The molecule has 4 rings (SSSR count). The van der Waals surface area contributed by atoms with Crippen LogP contribution in [-0.4, -0.2) is 81.3 Å². The summed E-state index contributed by atoms with van der Waals surface area (Å²) in [5.41, 5.74) is 1.45. The Morgan fingerprint density at radius 3 is 2.84 bits per heavy atom. The van der Waals surface area contributed by atoms with E-state index in [-0.39, 0.29) is 5.91 Å². The number of hydrogen-bond donors (Lipinski definition) is 0. The van der Waals surface area contributed by atoms with E-state index in [0.29, 0.717) is 11.7 Å². The fourth-order valence-corrected chi connectivity index (χ4v) is 3.45. The Kier molecular flexibility index (Phi) is 4.71. The Bertz CT molecular complexity index is 706. The predicted octanol–water partition coefficient (Wildman–Crippen LogP) is 0.599. The molecule has 1 aromatic carbocycles. The van der Waals surface area contributed by atoms with Gasteiger partial charge in [-0.15, -0.1) is 5.10 Å². The first-order valence-corrected chi connectivity index (χ1v) is 8.76. The minimum Gasteiger partial charge on any atom is -0.377 e. The highest BCUT2D eigenvalue weighted by atomic mass is 16.5. The third-order valence-corrected chi connectivity index (χ3v) is 4.85. The molecule has 0 saturated carbocycles. The SMILES string of the molecule is O=C(c1cccc(-n2cnnn2)c1)N1CCN(CC2CCCO2)CC1. The number of rotatable bonds is 4. The molecule has 132 valence electrons. The van der Waals surface area contributed by atoms with E-state index >= 15 is 0 Å². The number of tetrazole rings is 1. The zero-order chi connectivity index (χ0) is 17.1. The van der Waals surface area contributed by atoms with Crippen LogP contribution < -0.4 is 0 Å². The number of nitrogens with zero attached hydrogens (tertiary/aromatic N) is 6. The zero-order valence-electron chi connectivity index (χ0n) is 14.1. The van der Waals surface area contributed by atoms with Crippen molar-refractivity contribution in [1.29, 1.82) is 0 Å². The molecular weight excluding hydrogens is 320 g/mol. The number of ether oxygens (including phenoxy) is 1. The molecule has 25 heavy (non-hydrogen) atoms. The molecule has 2 aliphatic heterocycles. The van der Waals surface area contributed by atoms with E-state index in [1.165, 1.54) is 12.7 Å². The van der Waals surface area contributed by atoms with Crippen LogP contribution in [0.5, 0.6) is 0 Å². The quantitative estimate of drug-likeness (QED) is 0.810.